The molecule has 8 heteroatoms. The molecule has 1 aliphatic heterocycles. The molecule has 1 aromatic rings. The van der Waals surface area contributed by atoms with Crippen LogP contribution < -0.4 is 11.2 Å². The summed E-state index contributed by atoms with van der Waals surface area (Å²) in [5, 5.41) is 18.7. The van der Waals surface area contributed by atoms with Crippen LogP contribution in [0.15, 0.2) is 21.9 Å². The Morgan fingerprint density at radius 1 is 1.53 bits per heavy atom. The molecule has 2 rings (SSSR count). The van der Waals surface area contributed by atoms with Crippen LogP contribution in [0.25, 0.3) is 0 Å². The molecule has 17 heavy (non-hydrogen) atoms. The van der Waals surface area contributed by atoms with Gasteiger partial charge in [0.05, 0.1) is 0 Å². The zero-order chi connectivity index (χ0) is 12.6. The van der Waals surface area contributed by atoms with Crippen LogP contribution in [0.3, 0.4) is 0 Å². The molecule has 0 aliphatic carbocycles. The third-order valence-electron chi connectivity index (χ3n) is 2.64. The Kier molecular flexibility index (Phi) is 3.50. The van der Waals surface area contributed by atoms with Crippen LogP contribution in [0.5, 0.6) is 0 Å². The van der Waals surface area contributed by atoms with Gasteiger partial charge in [0.25, 0.3) is 0 Å². The van der Waals surface area contributed by atoms with Crippen LogP contribution in [0.1, 0.15) is 6.23 Å². The Hall–Kier alpha value is -0.921. The van der Waals surface area contributed by atoms with Crippen LogP contribution in [0.4, 0.5) is 0 Å². The predicted octanol–water partition coefficient (Wildman–Crippen LogP) is -2.52. The Bertz CT molecular complexity index is 513. The number of aliphatic hydroxyl groups is 2. The van der Waals surface area contributed by atoms with Gasteiger partial charge in [-0.05, 0) is 0 Å². The second-order valence-electron chi connectivity index (χ2n) is 3.75. The Balaban J connectivity index is 2.35. The van der Waals surface area contributed by atoms with Crippen molar-refractivity contribution in [3.05, 3.63) is 33.1 Å². The van der Waals surface area contributed by atoms with E-state index in [9.17, 15) is 14.7 Å². The van der Waals surface area contributed by atoms with Crippen molar-refractivity contribution in [3.63, 3.8) is 0 Å². The standard InChI is InChI=1S/C9H12N2O5Se/c12-3-4-6(14)7(17)8(16-4)11-2-1-5(13)10-9(11)15/h1-2,4,6-8,12,14,17H,3H2,(H,10,13,15)/t4-,6+,7?,8-/m1/s1. The van der Waals surface area contributed by atoms with E-state index in [1.807, 2.05) is 0 Å². The molecule has 0 saturated carbocycles. The van der Waals surface area contributed by atoms with Crippen LogP contribution in [-0.2, 0) is 4.74 Å². The van der Waals surface area contributed by atoms with E-state index in [1.165, 1.54) is 16.8 Å². The first-order chi connectivity index (χ1) is 8.04. The van der Waals surface area contributed by atoms with Gasteiger partial charge in [-0.15, -0.1) is 0 Å². The topological polar surface area (TPSA) is 105 Å². The minimum absolute atomic E-state index is 0.329. The molecule has 3 N–H and O–H groups in total. The van der Waals surface area contributed by atoms with Gasteiger partial charge >= 0.3 is 103 Å². The van der Waals surface area contributed by atoms with Gasteiger partial charge in [0.1, 0.15) is 0 Å². The summed E-state index contributed by atoms with van der Waals surface area (Å²) in [6.45, 7) is -0.329. The van der Waals surface area contributed by atoms with Crippen molar-refractivity contribution >= 4 is 16.0 Å². The van der Waals surface area contributed by atoms with Crippen molar-refractivity contribution in [1.82, 2.24) is 9.55 Å². The molecule has 1 aromatic heterocycles. The number of nitrogens with one attached hydrogen (secondary N) is 1. The Morgan fingerprint density at radius 3 is 2.76 bits per heavy atom. The van der Waals surface area contributed by atoms with E-state index in [0.717, 1.165) is 0 Å². The van der Waals surface area contributed by atoms with Crippen LogP contribution in [-0.4, -0.2) is 54.6 Å². The summed E-state index contributed by atoms with van der Waals surface area (Å²) >= 11 is 2.21. The third-order valence-corrected chi connectivity index (χ3v) is 3.82. The molecule has 2 heterocycles. The maximum absolute atomic E-state index is 11.6. The molecule has 0 aromatic carbocycles. The average molecular weight is 307 g/mol. The number of ether oxygens (including phenoxy) is 1. The van der Waals surface area contributed by atoms with Crippen LogP contribution >= 0.6 is 0 Å². The molecule has 1 aliphatic rings. The SMILES string of the molecule is O=c1ccn([C@@H]2O[C@H](CO)[C@H](O)C2[SeH])c(=O)[nH]1. The summed E-state index contributed by atoms with van der Waals surface area (Å²) < 4.78 is 6.55. The van der Waals surface area contributed by atoms with E-state index in [4.69, 9.17) is 9.84 Å². The second-order valence-corrected chi connectivity index (χ2v) is 5.00. The molecule has 1 saturated heterocycles. The molecule has 0 spiro atoms. The molecule has 4 atom stereocenters. The fourth-order valence-electron chi connectivity index (χ4n) is 1.74. The van der Waals surface area contributed by atoms with Crippen LogP contribution in [0.2, 0.25) is 4.82 Å². The monoisotopic (exact) mass is 308 g/mol. The number of hydrogen-bond acceptors (Lipinski definition) is 5. The van der Waals surface area contributed by atoms with Crippen molar-refractivity contribution in [3.8, 4) is 0 Å². The molecule has 1 fully saturated rings. The van der Waals surface area contributed by atoms with Gasteiger partial charge in [0.2, 0.25) is 0 Å². The van der Waals surface area contributed by atoms with Crippen molar-refractivity contribution in [1.29, 1.82) is 0 Å². The summed E-state index contributed by atoms with van der Waals surface area (Å²) in [7, 11) is 0. The number of H-pyrrole nitrogens is 1. The van der Waals surface area contributed by atoms with E-state index in [-0.39, 0.29) is 6.61 Å². The predicted molar refractivity (Wildman–Crippen MR) is 59.2 cm³/mol. The maximum atomic E-state index is 11.6. The summed E-state index contributed by atoms with van der Waals surface area (Å²) in [6, 6.07) is 1.20. The first-order valence-electron chi connectivity index (χ1n) is 4.98. The molecular formula is C9H12N2O5Se. The molecule has 0 amide bonds. The normalized spacial score (nSPS) is 32.9. The third kappa shape index (κ3) is 2.22. The van der Waals surface area contributed by atoms with E-state index in [1.54, 1.807) is 0 Å². The first-order valence-corrected chi connectivity index (χ1v) is 6.07. The molecular weight excluding hydrogens is 295 g/mol. The van der Waals surface area contributed by atoms with Gasteiger partial charge in [-0.25, -0.2) is 0 Å². The van der Waals surface area contributed by atoms with Gasteiger partial charge in [-0.1, -0.05) is 0 Å². The van der Waals surface area contributed by atoms with Crippen molar-refractivity contribution < 1.29 is 14.9 Å². The van der Waals surface area contributed by atoms with Gasteiger partial charge in [-0.2, -0.15) is 0 Å². The first kappa shape index (κ1) is 12.5. The zero-order valence-corrected chi connectivity index (χ0v) is 10.6. The fraction of sp³-hybridized carbons (Fsp3) is 0.556. The number of aliphatic hydroxyl groups excluding tert-OH is 2. The van der Waals surface area contributed by atoms with Crippen molar-refractivity contribution in [2.24, 2.45) is 0 Å². The van der Waals surface area contributed by atoms with Gasteiger partial charge < -0.3 is 0 Å². The molecule has 0 bridgehead atoms. The summed E-state index contributed by atoms with van der Waals surface area (Å²) in [4.78, 5) is 24.2. The Labute approximate surface area is 104 Å². The second kappa shape index (κ2) is 4.75. The molecule has 7 nitrogen and oxygen atoms in total. The van der Waals surface area contributed by atoms with E-state index >= 15 is 0 Å². The number of aromatic nitrogens is 2. The van der Waals surface area contributed by atoms with Gasteiger partial charge in [-0.3, -0.25) is 0 Å². The number of aromatic amines is 1. The zero-order valence-electron chi connectivity index (χ0n) is 8.68. The minimum atomic E-state index is -0.871. The number of nitrogens with zero attached hydrogens (tertiary/aromatic N) is 1. The number of hydrogen-bond donors (Lipinski definition) is 3. The Morgan fingerprint density at radius 2 is 2.24 bits per heavy atom. The van der Waals surface area contributed by atoms with E-state index < -0.39 is 34.5 Å². The summed E-state index contributed by atoms with van der Waals surface area (Å²) in [5.41, 5.74) is -1.10. The van der Waals surface area contributed by atoms with Crippen LogP contribution in [0, 0.1) is 0 Å². The molecule has 0 radical (unpaired) electrons. The quantitative estimate of drug-likeness (QED) is 0.523. The summed E-state index contributed by atoms with van der Waals surface area (Å²) in [5.74, 6) is 0. The molecule has 94 valence electrons. The number of rotatable bonds is 2. The molecule has 1 unspecified atom stereocenters. The van der Waals surface area contributed by atoms with Crippen molar-refractivity contribution in [2.45, 2.75) is 23.3 Å². The average Bonchev–Trinajstić information content (AvgIpc) is 2.57. The van der Waals surface area contributed by atoms with E-state index in [2.05, 4.69) is 21.0 Å². The fourth-order valence-corrected chi connectivity index (χ4v) is 2.59. The van der Waals surface area contributed by atoms with Crippen molar-refractivity contribution in [2.75, 3.05) is 6.61 Å². The van der Waals surface area contributed by atoms with Gasteiger partial charge in [0.15, 0.2) is 0 Å². The van der Waals surface area contributed by atoms with E-state index in [0.29, 0.717) is 0 Å². The summed E-state index contributed by atoms with van der Waals surface area (Å²) in [6.07, 6.45) is -1.01. The van der Waals surface area contributed by atoms with Gasteiger partial charge in [0, 0.05) is 0 Å².